The molecule has 110 valence electrons. The first-order chi connectivity index (χ1) is 10.8. The zero-order valence-corrected chi connectivity index (χ0v) is 12.3. The van der Waals surface area contributed by atoms with Gasteiger partial charge in [0.1, 0.15) is 12.4 Å². The Morgan fingerprint density at radius 2 is 1.64 bits per heavy atom. The summed E-state index contributed by atoms with van der Waals surface area (Å²) in [7, 11) is 1.37. The lowest BCUT2D eigenvalue weighted by atomic mass is 10.1. The molecule has 0 radical (unpaired) electrons. The van der Waals surface area contributed by atoms with E-state index in [0.29, 0.717) is 12.2 Å². The van der Waals surface area contributed by atoms with Crippen molar-refractivity contribution in [3.8, 4) is 5.75 Å². The highest BCUT2D eigenvalue weighted by Crippen LogP contribution is 2.18. The molecule has 0 atom stereocenters. The van der Waals surface area contributed by atoms with Crippen molar-refractivity contribution < 1.29 is 14.3 Å². The Kier molecular flexibility index (Phi) is 4.05. The van der Waals surface area contributed by atoms with Gasteiger partial charge in [-0.1, -0.05) is 36.4 Å². The summed E-state index contributed by atoms with van der Waals surface area (Å²) in [6, 6.07) is 21.4. The highest BCUT2D eigenvalue weighted by atomic mass is 16.5. The van der Waals surface area contributed by atoms with Crippen molar-refractivity contribution in [2.45, 2.75) is 6.61 Å². The summed E-state index contributed by atoms with van der Waals surface area (Å²) >= 11 is 0. The summed E-state index contributed by atoms with van der Waals surface area (Å²) in [5.74, 6) is 0.377. The van der Waals surface area contributed by atoms with Crippen LogP contribution in [-0.2, 0) is 11.3 Å². The second-order valence-corrected chi connectivity index (χ2v) is 4.99. The van der Waals surface area contributed by atoms with Gasteiger partial charge >= 0.3 is 5.97 Å². The summed E-state index contributed by atoms with van der Waals surface area (Å²) in [4.78, 5) is 11.4. The molecule has 3 rings (SSSR count). The van der Waals surface area contributed by atoms with Gasteiger partial charge in [0, 0.05) is 0 Å². The molecule has 0 aliphatic rings. The largest absolute Gasteiger partial charge is 0.489 e. The molecule has 3 aromatic rings. The van der Waals surface area contributed by atoms with Gasteiger partial charge in [0.15, 0.2) is 0 Å². The summed E-state index contributed by atoms with van der Waals surface area (Å²) in [5, 5.41) is 2.42. The molecule has 0 spiro atoms. The number of hydrogen-bond donors (Lipinski definition) is 0. The molecule has 3 nitrogen and oxygen atoms in total. The average molecular weight is 292 g/mol. The summed E-state index contributed by atoms with van der Waals surface area (Å²) in [6.45, 7) is 0.488. The number of esters is 1. The van der Waals surface area contributed by atoms with Gasteiger partial charge in [-0.05, 0) is 46.7 Å². The molecule has 0 aliphatic heterocycles. The predicted molar refractivity (Wildman–Crippen MR) is 86.1 cm³/mol. The van der Waals surface area contributed by atoms with Crippen LogP contribution < -0.4 is 4.74 Å². The molecule has 0 unspecified atom stereocenters. The van der Waals surface area contributed by atoms with Crippen molar-refractivity contribution in [3.05, 3.63) is 77.9 Å². The van der Waals surface area contributed by atoms with Crippen molar-refractivity contribution in [2.24, 2.45) is 0 Å². The Labute approximate surface area is 129 Å². The first-order valence-electron chi connectivity index (χ1n) is 7.05. The molecule has 0 saturated carbocycles. The third-order valence-electron chi connectivity index (χ3n) is 3.49. The van der Waals surface area contributed by atoms with Gasteiger partial charge < -0.3 is 9.47 Å². The molecule has 0 N–H and O–H groups in total. The Hall–Kier alpha value is -2.81. The molecular weight excluding hydrogens is 276 g/mol. The number of benzene rings is 3. The molecule has 0 fully saturated rings. The van der Waals surface area contributed by atoms with Crippen molar-refractivity contribution in [1.82, 2.24) is 0 Å². The summed E-state index contributed by atoms with van der Waals surface area (Å²) in [6.07, 6.45) is 0. The van der Waals surface area contributed by atoms with Gasteiger partial charge in [0.05, 0.1) is 12.7 Å². The molecule has 3 aromatic carbocycles. The maximum Gasteiger partial charge on any atom is 0.337 e. The van der Waals surface area contributed by atoms with Crippen LogP contribution in [0.15, 0.2) is 66.7 Å². The summed E-state index contributed by atoms with van der Waals surface area (Å²) in [5.41, 5.74) is 1.62. The van der Waals surface area contributed by atoms with E-state index in [4.69, 9.17) is 4.74 Å². The van der Waals surface area contributed by atoms with E-state index in [9.17, 15) is 4.79 Å². The van der Waals surface area contributed by atoms with E-state index in [0.717, 1.165) is 11.3 Å². The van der Waals surface area contributed by atoms with E-state index in [1.807, 2.05) is 12.1 Å². The topological polar surface area (TPSA) is 35.5 Å². The van der Waals surface area contributed by atoms with Crippen LogP contribution in [0.2, 0.25) is 0 Å². The lowest BCUT2D eigenvalue weighted by Gasteiger charge is -2.08. The van der Waals surface area contributed by atoms with Crippen LogP contribution in [0, 0.1) is 0 Å². The van der Waals surface area contributed by atoms with Crippen LogP contribution >= 0.6 is 0 Å². The molecule has 0 heterocycles. The van der Waals surface area contributed by atoms with E-state index in [2.05, 4.69) is 35.1 Å². The SMILES string of the molecule is COC(=O)c1ccc(OCc2ccc3ccccc3c2)cc1. The van der Waals surface area contributed by atoms with Crippen LogP contribution in [0.4, 0.5) is 0 Å². The molecule has 0 bridgehead atoms. The average Bonchev–Trinajstić information content (AvgIpc) is 2.59. The second kappa shape index (κ2) is 6.31. The van der Waals surface area contributed by atoms with Crippen molar-refractivity contribution in [1.29, 1.82) is 0 Å². The first kappa shape index (κ1) is 14.1. The zero-order valence-electron chi connectivity index (χ0n) is 12.3. The van der Waals surface area contributed by atoms with Crippen LogP contribution in [-0.4, -0.2) is 13.1 Å². The number of carbonyl (C=O) groups excluding carboxylic acids is 1. The Bertz CT molecular complexity index is 791. The quantitative estimate of drug-likeness (QED) is 0.676. The molecule has 0 amide bonds. The number of fused-ring (bicyclic) bond motifs is 1. The Morgan fingerprint density at radius 1 is 0.909 bits per heavy atom. The van der Waals surface area contributed by atoms with Crippen LogP contribution in [0.5, 0.6) is 5.75 Å². The minimum Gasteiger partial charge on any atom is -0.489 e. The summed E-state index contributed by atoms with van der Waals surface area (Å²) < 4.78 is 10.4. The van der Waals surface area contributed by atoms with Crippen LogP contribution in [0.25, 0.3) is 10.8 Å². The van der Waals surface area contributed by atoms with Crippen molar-refractivity contribution in [3.63, 3.8) is 0 Å². The minimum atomic E-state index is -0.346. The lowest BCUT2D eigenvalue weighted by Crippen LogP contribution is -2.01. The van der Waals surface area contributed by atoms with Crippen molar-refractivity contribution in [2.75, 3.05) is 7.11 Å². The maximum absolute atomic E-state index is 11.4. The third kappa shape index (κ3) is 3.09. The van der Waals surface area contributed by atoms with Gasteiger partial charge in [0.25, 0.3) is 0 Å². The lowest BCUT2D eigenvalue weighted by molar-refractivity contribution is 0.0600. The number of methoxy groups -OCH3 is 1. The third-order valence-corrected chi connectivity index (χ3v) is 3.49. The molecule has 0 saturated heterocycles. The van der Waals surface area contributed by atoms with Gasteiger partial charge in [-0.2, -0.15) is 0 Å². The minimum absolute atomic E-state index is 0.346. The zero-order chi connectivity index (χ0) is 15.4. The molecule has 0 aliphatic carbocycles. The van der Waals surface area contributed by atoms with E-state index in [1.165, 1.54) is 17.9 Å². The Morgan fingerprint density at radius 3 is 2.36 bits per heavy atom. The van der Waals surface area contributed by atoms with E-state index in [1.54, 1.807) is 24.3 Å². The van der Waals surface area contributed by atoms with Gasteiger partial charge in [-0.15, -0.1) is 0 Å². The normalized spacial score (nSPS) is 10.4. The van der Waals surface area contributed by atoms with Gasteiger partial charge in [0.2, 0.25) is 0 Å². The second-order valence-electron chi connectivity index (χ2n) is 4.99. The Balaban J connectivity index is 1.69. The fourth-order valence-electron chi connectivity index (χ4n) is 2.30. The fourth-order valence-corrected chi connectivity index (χ4v) is 2.30. The number of hydrogen-bond acceptors (Lipinski definition) is 3. The monoisotopic (exact) mass is 292 g/mol. The van der Waals surface area contributed by atoms with E-state index >= 15 is 0 Å². The fraction of sp³-hybridized carbons (Fsp3) is 0.105. The molecule has 0 aromatic heterocycles. The van der Waals surface area contributed by atoms with Crippen LogP contribution in [0.3, 0.4) is 0 Å². The molecule has 3 heteroatoms. The van der Waals surface area contributed by atoms with Crippen LogP contribution in [0.1, 0.15) is 15.9 Å². The number of carbonyl (C=O) groups is 1. The van der Waals surface area contributed by atoms with Gasteiger partial charge in [-0.25, -0.2) is 4.79 Å². The van der Waals surface area contributed by atoms with Gasteiger partial charge in [-0.3, -0.25) is 0 Å². The van der Waals surface area contributed by atoms with Crippen molar-refractivity contribution >= 4 is 16.7 Å². The maximum atomic E-state index is 11.4. The smallest absolute Gasteiger partial charge is 0.337 e. The number of rotatable bonds is 4. The first-order valence-corrected chi connectivity index (χ1v) is 7.05. The highest BCUT2D eigenvalue weighted by Gasteiger charge is 2.05. The molecule has 22 heavy (non-hydrogen) atoms. The number of ether oxygens (including phenoxy) is 2. The standard InChI is InChI=1S/C19H16O3/c1-21-19(20)16-8-10-18(11-9-16)22-13-14-6-7-15-4-2-3-5-17(15)12-14/h2-12H,13H2,1H3. The van der Waals surface area contributed by atoms with E-state index in [-0.39, 0.29) is 5.97 Å². The molecular formula is C19H16O3. The highest BCUT2D eigenvalue weighted by molar-refractivity contribution is 5.89. The predicted octanol–water partition coefficient (Wildman–Crippen LogP) is 4.21. The van der Waals surface area contributed by atoms with E-state index < -0.39 is 0 Å².